The molecule has 2 unspecified atom stereocenters. The average molecular weight is 270 g/mol. The van der Waals surface area contributed by atoms with Crippen LogP contribution in [0.5, 0.6) is 0 Å². The van der Waals surface area contributed by atoms with E-state index in [1.165, 1.54) is 18.4 Å². The van der Waals surface area contributed by atoms with Crippen molar-refractivity contribution in [1.29, 1.82) is 0 Å². The van der Waals surface area contributed by atoms with Gasteiger partial charge in [-0.15, -0.1) is 0 Å². The van der Waals surface area contributed by atoms with Crippen LogP contribution >= 0.6 is 0 Å². The van der Waals surface area contributed by atoms with Crippen LogP contribution in [-0.4, -0.2) is 5.78 Å². The molecule has 3 rings (SSSR count). The van der Waals surface area contributed by atoms with E-state index in [9.17, 15) is 4.79 Å². The van der Waals surface area contributed by atoms with E-state index in [1.54, 1.807) is 0 Å². The maximum atomic E-state index is 12.2. The number of Topliss-reactive ketones (excluding diaryl/α,β-unsaturated/α-hetero) is 1. The second-order valence-electron chi connectivity index (χ2n) is 7.23. The highest BCUT2D eigenvalue weighted by Gasteiger charge is 2.52. The van der Waals surface area contributed by atoms with Gasteiger partial charge in [0.25, 0.3) is 0 Å². The van der Waals surface area contributed by atoms with Gasteiger partial charge in [0.2, 0.25) is 0 Å². The first kappa shape index (κ1) is 13.9. The molecule has 0 N–H and O–H groups in total. The molecule has 2 saturated carbocycles. The van der Waals surface area contributed by atoms with Crippen molar-refractivity contribution in [3.63, 3.8) is 0 Å². The number of carbonyl (C=O) groups is 1. The fraction of sp³-hybridized carbons (Fsp3) is 0.632. The second-order valence-corrected chi connectivity index (χ2v) is 7.23. The Labute approximate surface area is 122 Å². The fourth-order valence-electron chi connectivity index (χ4n) is 5.03. The van der Waals surface area contributed by atoms with Gasteiger partial charge >= 0.3 is 0 Å². The Morgan fingerprint density at radius 2 is 2.00 bits per heavy atom. The molecular formula is C19H26O. The van der Waals surface area contributed by atoms with Crippen molar-refractivity contribution < 1.29 is 4.79 Å². The van der Waals surface area contributed by atoms with Crippen molar-refractivity contribution >= 4 is 5.78 Å². The third kappa shape index (κ3) is 2.32. The van der Waals surface area contributed by atoms with Crippen LogP contribution in [-0.2, 0) is 11.2 Å². The Bertz CT molecular complexity index is 478. The summed E-state index contributed by atoms with van der Waals surface area (Å²) in [5, 5.41) is 0. The van der Waals surface area contributed by atoms with Crippen molar-refractivity contribution in [2.24, 2.45) is 23.2 Å². The molecule has 2 fully saturated rings. The molecular weight excluding hydrogens is 244 g/mol. The van der Waals surface area contributed by atoms with Crippen molar-refractivity contribution in [3.8, 4) is 0 Å². The number of benzene rings is 1. The SMILES string of the molecule is CC(Cc1ccccc1)[C@H]1CCC2C(=O)CCC[C@@]21C. The van der Waals surface area contributed by atoms with Crippen molar-refractivity contribution in [2.75, 3.05) is 0 Å². The molecule has 2 aliphatic rings. The lowest BCUT2D eigenvalue weighted by Crippen LogP contribution is -2.39. The summed E-state index contributed by atoms with van der Waals surface area (Å²) in [6.45, 7) is 4.79. The van der Waals surface area contributed by atoms with E-state index in [1.807, 2.05) is 0 Å². The minimum absolute atomic E-state index is 0.281. The Kier molecular flexibility index (Phi) is 3.70. The Hall–Kier alpha value is -1.11. The smallest absolute Gasteiger partial charge is 0.136 e. The third-order valence-electron chi connectivity index (χ3n) is 6.02. The van der Waals surface area contributed by atoms with Gasteiger partial charge in [0, 0.05) is 12.3 Å². The summed E-state index contributed by atoms with van der Waals surface area (Å²) in [5.74, 6) is 2.31. The highest BCUT2D eigenvalue weighted by Crippen LogP contribution is 2.56. The van der Waals surface area contributed by atoms with Gasteiger partial charge in [0.15, 0.2) is 0 Å². The summed E-state index contributed by atoms with van der Waals surface area (Å²) in [6, 6.07) is 10.8. The minimum Gasteiger partial charge on any atom is -0.299 e. The van der Waals surface area contributed by atoms with Crippen LogP contribution in [0.15, 0.2) is 30.3 Å². The van der Waals surface area contributed by atoms with Gasteiger partial charge in [0.1, 0.15) is 5.78 Å². The minimum atomic E-state index is 0.281. The molecule has 0 aromatic heterocycles. The van der Waals surface area contributed by atoms with Crippen LogP contribution < -0.4 is 0 Å². The predicted octanol–water partition coefficient (Wildman–Crippen LogP) is 4.65. The first-order valence-corrected chi connectivity index (χ1v) is 8.18. The van der Waals surface area contributed by atoms with Crippen LogP contribution in [0.3, 0.4) is 0 Å². The number of rotatable bonds is 3. The zero-order valence-corrected chi connectivity index (χ0v) is 12.8. The first-order valence-electron chi connectivity index (χ1n) is 8.18. The Morgan fingerprint density at radius 3 is 2.75 bits per heavy atom. The lowest BCUT2D eigenvalue weighted by Gasteiger charge is -2.42. The summed E-state index contributed by atoms with van der Waals surface area (Å²) in [4.78, 5) is 12.2. The monoisotopic (exact) mass is 270 g/mol. The van der Waals surface area contributed by atoms with E-state index < -0.39 is 0 Å². The normalized spacial score (nSPS) is 34.8. The molecule has 108 valence electrons. The van der Waals surface area contributed by atoms with E-state index in [0.29, 0.717) is 17.6 Å². The molecule has 0 radical (unpaired) electrons. The topological polar surface area (TPSA) is 17.1 Å². The van der Waals surface area contributed by atoms with Crippen LogP contribution in [0, 0.1) is 23.2 Å². The largest absolute Gasteiger partial charge is 0.299 e. The highest BCUT2D eigenvalue weighted by atomic mass is 16.1. The first-order chi connectivity index (χ1) is 9.61. The van der Waals surface area contributed by atoms with Crippen LogP contribution in [0.4, 0.5) is 0 Å². The maximum Gasteiger partial charge on any atom is 0.136 e. The van der Waals surface area contributed by atoms with Crippen LogP contribution in [0.1, 0.15) is 51.5 Å². The molecule has 4 atom stereocenters. The lowest BCUT2D eigenvalue weighted by molar-refractivity contribution is -0.130. The molecule has 0 spiro atoms. The van der Waals surface area contributed by atoms with E-state index in [2.05, 4.69) is 44.2 Å². The fourth-order valence-corrected chi connectivity index (χ4v) is 5.03. The van der Waals surface area contributed by atoms with Gasteiger partial charge in [-0.05, 0) is 54.9 Å². The predicted molar refractivity (Wildman–Crippen MR) is 82.5 cm³/mol. The molecule has 1 nitrogen and oxygen atoms in total. The lowest BCUT2D eigenvalue weighted by atomic mass is 9.62. The number of carbonyl (C=O) groups excluding carboxylic acids is 1. The molecule has 0 amide bonds. The van der Waals surface area contributed by atoms with Gasteiger partial charge < -0.3 is 0 Å². The molecule has 1 aromatic rings. The van der Waals surface area contributed by atoms with Gasteiger partial charge in [0.05, 0.1) is 0 Å². The zero-order valence-electron chi connectivity index (χ0n) is 12.8. The van der Waals surface area contributed by atoms with Crippen LogP contribution in [0.25, 0.3) is 0 Å². The molecule has 1 aromatic carbocycles. The molecule has 2 aliphatic carbocycles. The highest BCUT2D eigenvalue weighted by molar-refractivity contribution is 5.83. The number of ketones is 1. The van der Waals surface area contributed by atoms with Gasteiger partial charge in [-0.25, -0.2) is 0 Å². The molecule has 0 heterocycles. The molecule has 20 heavy (non-hydrogen) atoms. The van der Waals surface area contributed by atoms with Crippen molar-refractivity contribution in [3.05, 3.63) is 35.9 Å². The maximum absolute atomic E-state index is 12.2. The number of hydrogen-bond acceptors (Lipinski definition) is 1. The van der Waals surface area contributed by atoms with Gasteiger partial charge in [-0.2, -0.15) is 0 Å². The summed E-state index contributed by atoms with van der Waals surface area (Å²) in [6.07, 6.45) is 6.75. The molecule has 1 heteroatoms. The van der Waals surface area contributed by atoms with Crippen LogP contribution in [0.2, 0.25) is 0 Å². The number of hydrogen-bond donors (Lipinski definition) is 0. The molecule has 0 saturated heterocycles. The van der Waals surface area contributed by atoms with Crippen molar-refractivity contribution in [1.82, 2.24) is 0 Å². The average Bonchev–Trinajstić information content (AvgIpc) is 2.78. The van der Waals surface area contributed by atoms with Gasteiger partial charge in [-0.3, -0.25) is 4.79 Å². The number of fused-ring (bicyclic) bond motifs is 1. The molecule has 0 bridgehead atoms. The summed E-state index contributed by atoms with van der Waals surface area (Å²) in [7, 11) is 0. The third-order valence-corrected chi connectivity index (χ3v) is 6.02. The van der Waals surface area contributed by atoms with E-state index >= 15 is 0 Å². The van der Waals surface area contributed by atoms with E-state index in [-0.39, 0.29) is 5.41 Å². The summed E-state index contributed by atoms with van der Waals surface area (Å²) >= 11 is 0. The summed E-state index contributed by atoms with van der Waals surface area (Å²) < 4.78 is 0. The standard InChI is InChI=1S/C19H26O/c1-14(13-15-7-4-3-5-8-15)16-10-11-17-18(20)9-6-12-19(16,17)2/h3-5,7-8,14,16-17H,6,9-13H2,1-2H3/t14?,16-,17?,19-/m1/s1. The summed E-state index contributed by atoms with van der Waals surface area (Å²) in [5.41, 5.74) is 1.72. The second kappa shape index (κ2) is 5.35. The zero-order chi connectivity index (χ0) is 14.2. The van der Waals surface area contributed by atoms with E-state index in [4.69, 9.17) is 0 Å². The Morgan fingerprint density at radius 1 is 1.25 bits per heavy atom. The molecule has 0 aliphatic heterocycles. The van der Waals surface area contributed by atoms with Crippen molar-refractivity contribution in [2.45, 2.75) is 52.4 Å². The Balaban J connectivity index is 1.75. The van der Waals surface area contributed by atoms with Gasteiger partial charge in [-0.1, -0.05) is 44.2 Å². The van der Waals surface area contributed by atoms with E-state index in [0.717, 1.165) is 31.6 Å². The quantitative estimate of drug-likeness (QED) is 0.781.